The van der Waals surface area contributed by atoms with E-state index in [9.17, 15) is 9.59 Å². The summed E-state index contributed by atoms with van der Waals surface area (Å²) in [5.41, 5.74) is 0. The smallest absolute Gasteiger partial charge is 0.278 e. The number of urea groups is 1. The molecular formula is C9H8BrN3O2. The van der Waals surface area contributed by atoms with Crippen molar-refractivity contribution in [1.82, 2.24) is 10.3 Å². The number of aromatic nitrogens is 1. The Balaban J connectivity index is 2.24. The van der Waals surface area contributed by atoms with E-state index in [-0.39, 0.29) is 5.91 Å². The summed E-state index contributed by atoms with van der Waals surface area (Å²) in [5, 5.41) is 2.24. The van der Waals surface area contributed by atoms with Gasteiger partial charge in [-0.3, -0.25) is 15.0 Å². The van der Waals surface area contributed by atoms with Crippen LogP contribution in [0.4, 0.5) is 10.6 Å². The Morgan fingerprint density at radius 3 is 2.87 bits per heavy atom. The second-order valence-corrected chi connectivity index (χ2v) is 3.89. The van der Waals surface area contributed by atoms with E-state index in [1.807, 2.05) is 0 Å². The Morgan fingerprint density at radius 1 is 1.40 bits per heavy atom. The number of amides is 3. The molecular weight excluding hydrogens is 262 g/mol. The largest absolute Gasteiger partial charge is 0.329 e. The van der Waals surface area contributed by atoms with Gasteiger partial charge in [0.1, 0.15) is 10.4 Å². The number of halogens is 1. The van der Waals surface area contributed by atoms with E-state index in [1.54, 1.807) is 18.2 Å². The molecule has 78 valence electrons. The van der Waals surface area contributed by atoms with Crippen LogP contribution < -0.4 is 10.2 Å². The molecule has 0 unspecified atom stereocenters. The summed E-state index contributed by atoms with van der Waals surface area (Å²) in [6.45, 7) is 0.369. The summed E-state index contributed by atoms with van der Waals surface area (Å²) in [6, 6.07) is 4.86. The van der Waals surface area contributed by atoms with Crippen molar-refractivity contribution in [2.45, 2.75) is 6.42 Å². The van der Waals surface area contributed by atoms with Gasteiger partial charge in [-0.1, -0.05) is 6.07 Å². The molecule has 1 aliphatic rings. The average Bonchev–Trinajstić information content (AvgIpc) is 2.17. The molecule has 2 heterocycles. The minimum Gasteiger partial charge on any atom is -0.278 e. The quantitative estimate of drug-likeness (QED) is 0.782. The van der Waals surface area contributed by atoms with Crippen LogP contribution in [0.1, 0.15) is 6.42 Å². The number of nitrogens with zero attached hydrogens (tertiary/aromatic N) is 2. The minimum atomic E-state index is -0.420. The maximum Gasteiger partial charge on any atom is 0.329 e. The second-order valence-electron chi connectivity index (χ2n) is 3.07. The SMILES string of the molecule is O=C1CCN(c2cccc(Br)n2)C(=O)N1. The fourth-order valence-corrected chi connectivity index (χ4v) is 1.66. The number of nitrogens with one attached hydrogen (secondary N) is 1. The first kappa shape index (κ1) is 10.1. The van der Waals surface area contributed by atoms with Crippen LogP contribution in [0.2, 0.25) is 0 Å². The van der Waals surface area contributed by atoms with Crippen molar-refractivity contribution in [3.63, 3.8) is 0 Å². The summed E-state index contributed by atoms with van der Waals surface area (Å²) >= 11 is 3.22. The third-order valence-electron chi connectivity index (χ3n) is 2.03. The highest BCUT2D eigenvalue weighted by Gasteiger charge is 2.24. The lowest BCUT2D eigenvalue weighted by atomic mass is 10.3. The normalized spacial score (nSPS) is 16.5. The molecule has 6 heteroatoms. The van der Waals surface area contributed by atoms with Crippen molar-refractivity contribution in [2.24, 2.45) is 0 Å². The molecule has 1 aromatic heterocycles. The Bertz CT molecular complexity index is 422. The van der Waals surface area contributed by atoms with E-state index in [0.29, 0.717) is 23.4 Å². The number of rotatable bonds is 1. The predicted molar refractivity (Wildman–Crippen MR) is 57.4 cm³/mol. The molecule has 15 heavy (non-hydrogen) atoms. The van der Waals surface area contributed by atoms with E-state index in [1.165, 1.54) is 4.90 Å². The highest BCUT2D eigenvalue weighted by atomic mass is 79.9. The van der Waals surface area contributed by atoms with Gasteiger partial charge in [-0.25, -0.2) is 9.78 Å². The van der Waals surface area contributed by atoms with Gasteiger partial charge >= 0.3 is 6.03 Å². The number of carbonyl (C=O) groups excluding carboxylic acids is 2. The molecule has 1 fully saturated rings. The first-order valence-electron chi connectivity index (χ1n) is 4.41. The molecule has 0 spiro atoms. The summed E-state index contributed by atoms with van der Waals surface area (Å²) in [4.78, 5) is 28.0. The number of pyridine rings is 1. The average molecular weight is 270 g/mol. The minimum absolute atomic E-state index is 0.244. The Labute approximate surface area is 94.6 Å². The van der Waals surface area contributed by atoms with Gasteiger partial charge in [0, 0.05) is 13.0 Å². The van der Waals surface area contributed by atoms with Gasteiger partial charge in [0.05, 0.1) is 0 Å². The van der Waals surface area contributed by atoms with Crippen molar-refractivity contribution in [3.05, 3.63) is 22.8 Å². The van der Waals surface area contributed by atoms with E-state index >= 15 is 0 Å². The molecule has 0 saturated carbocycles. The lowest BCUT2D eigenvalue weighted by Gasteiger charge is -2.25. The number of anilines is 1. The van der Waals surface area contributed by atoms with Crippen LogP contribution in [0.3, 0.4) is 0 Å². The first-order chi connectivity index (χ1) is 7.16. The van der Waals surface area contributed by atoms with Gasteiger partial charge in [-0.2, -0.15) is 0 Å². The molecule has 0 atom stereocenters. The molecule has 1 N–H and O–H groups in total. The van der Waals surface area contributed by atoms with Gasteiger partial charge in [0.2, 0.25) is 5.91 Å². The Morgan fingerprint density at radius 2 is 2.20 bits per heavy atom. The van der Waals surface area contributed by atoms with Gasteiger partial charge in [-0.15, -0.1) is 0 Å². The van der Waals surface area contributed by atoms with E-state index < -0.39 is 6.03 Å². The molecule has 1 saturated heterocycles. The maximum absolute atomic E-state index is 11.5. The van der Waals surface area contributed by atoms with E-state index in [2.05, 4.69) is 26.2 Å². The lowest BCUT2D eigenvalue weighted by molar-refractivity contribution is -0.120. The van der Waals surface area contributed by atoms with Crippen molar-refractivity contribution >= 4 is 33.7 Å². The van der Waals surface area contributed by atoms with Crippen LogP contribution in [0.25, 0.3) is 0 Å². The van der Waals surface area contributed by atoms with Gasteiger partial charge < -0.3 is 0 Å². The van der Waals surface area contributed by atoms with E-state index in [0.717, 1.165) is 0 Å². The number of carbonyl (C=O) groups is 2. The number of imide groups is 1. The summed E-state index contributed by atoms with van der Waals surface area (Å²) in [5.74, 6) is 0.292. The highest BCUT2D eigenvalue weighted by molar-refractivity contribution is 9.10. The first-order valence-corrected chi connectivity index (χ1v) is 5.20. The zero-order valence-electron chi connectivity index (χ0n) is 7.74. The van der Waals surface area contributed by atoms with Crippen molar-refractivity contribution in [2.75, 3.05) is 11.4 Å². The van der Waals surface area contributed by atoms with Crippen LogP contribution >= 0.6 is 15.9 Å². The topological polar surface area (TPSA) is 62.3 Å². The molecule has 1 aromatic rings. The van der Waals surface area contributed by atoms with Crippen LogP contribution in [0.5, 0.6) is 0 Å². The Hall–Kier alpha value is -1.43. The monoisotopic (exact) mass is 269 g/mol. The molecule has 0 radical (unpaired) electrons. The maximum atomic E-state index is 11.5. The third kappa shape index (κ3) is 2.15. The molecule has 1 aliphatic heterocycles. The summed E-state index contributed by atoms with van der Waals surface area (Å²) in [6.07, 6.45) is 0.305. The molecule has 2 rings (SSSR count). The van der Waals surface area contributed by atoms with Gasteiger partial charge in [-0.05, 0) is 28.1 Å². The van der Waals surface area contributed by atoms with Crippen LogP contribution in [-0.2, 0) is 4.79 Å². The van der Waals surface area contributed by atoms with Crippen LogP contribution in [0.15, 0.2) is 22.8 Å². The van der Waals surface area contributed by atoms with Crippen molar-refractivity contribution in [3.8, 4) is 0 Å². The molecule has 0 bridgehead atoms. The molecule has 3 amide bonds. The van der Waals surface area contributed by atoms with Gasteiger partial charge in [0.15, 0.2) is 0 Å². The number of hydrogen-bond acceptors (Lipinski definition) is 3. The zero-order valence-corrected chi connectivity index (χ0v) is 9.32. The summed E-state index contributed by atoms with van der Waals surface area (Å²) < 4.78 is 0.657. The van der Waals surface area contributed by atoms with E-state index in [4.69, 9.17) is 0 Å². The third-order valence-corrected chi connectivity index (χ3v) is 2.47. The van der Waals surface area contributed by atoms with Crippen molar-refractivity contribution < 1.29 is 9.59 Å². The lowest BCUT2D eigenvalue weighted by Crippen LogP contribution is -2.49. The second kappa shape index (κ2) is 3.98. The molecule has 5 nitrogen and oxygen atoms in total. The highest BCUT2D eigenvalue weighted by Crippen LogP contribution is 2.16. The zero-order chi connectivity index (χ0) is 10.8. The standard InChI is InChI=1S/C9H8BrN3O2/c10-6-2-1-3-7(11-6)13-5-4-8(14)12-9(13)15/h1-3H,4-5H2,(H,12,14,15). The Kier molecular flexibility index (Phi) is 2.68. The number of hydrogen-bond donors (Lipinski definition) is 1. The van der Waals surface area contributed by atoms with Crippen LogP contribution in [-0.4, -0.2) is 23.5 Å². The molecule has 0 aliphatic carbocycles. The van der Waals surface area contributed by atoms with Crippen LogP contribution in [0, 0.1) is 0 Å². The fourth-order valence-electron chi connectivity index (χ4n) is 1.33. The van der Waals surface area contributed by atoms with Crippen molar-refractivity contribution in [1.29, 1.82) is 0 Å². The van der Waals surface area contributed by atoms with Gasteiger partial charge in [0.25, 0.3) is 0 Å². The predicted octanol–water partition coefficient (Wildman–Crippen LogP) is 1.29. The summed E-state index contributed by atoms with van der Waals surface area (Å²) in [7, 11) is 0. The fraction of sp³-hybridized carbons (Fsp3) is 0.222. The molecule has 0 aromatic carbocycles.